The van der Waals surface area contributed by atoms with Gasteiger partial charge in [-0.1, -0.05) is 11.6 Å². The van der Waals surface area contributed by atoms with Crippen molar-refractivity contribution >= 4 is 17.5 Å². The molecule has 1 aromatic heterocycles. The minimum atomic E-state index is -5.29. The minimum Gasteiger partial charge on any atom is -0.493 e. The number of pyridine rings is 1. The van der Waals surface area contributed by atoms with Gasteiger partial charge in [0.2, 0.25) is 5.60 Å². The van der Waals surface area contributed by atoms with Crippen LogP contribution in [0.15, 0.2) is 48.5 Å². The number of hydrogen-bond donors (Lipinski definition) is 4. The summed E-state index contributed by atoms with van der Waals surface area (Å²) < 4.78 is 67.6. The maximum atomic E-state index is 14.4. The number of benzene rings is 2. The molecule has 0 saturated carbocycles. The third kappa shape index (κ3) is 7.45. The van der Waals surface area contributed by atoms with Crippen molar-refractivity contribution in [1.82, 2.24) is 10.3 Å². The molecule has 2 aromatic carbocycles. The Morgan fingerprint density at radius 1 is 1.12 bits per heavy atom. The number of carbonyl (C=O) groups is 1. The molecule has 41 heavy (non-hydrogen) atoms. The van der Waals surface area contributed by atoms with Crippen LogP contribution in [-0.4, -0.2) is 53.6 Å². The molecular formula is C28H30ClF4N3O5. The number of hydrogen-bond acceptors (Lipinski definition) is 7. The average Bonchev–Trinajstić information content (AvgIpc) is 2.90. The summed E-state index contributed by atoms with van der Waals surface area (Å²) in [5.74, 6) is -1.38. The molecule has 0 saturated heterocycles. The van der Waals surface area contributed by atoms with E-state index in [9.17, 15) is 32.6 Å². The highest BCUT2D eigenvalue weighted by molar-refractivity contribution is 6.31. The Kier molecular flexibility index (Phi) is 9.54. The third-order valence-corrected chi connectivity index (χ3v) is 6.38. The molecule has 0 aliphatic heterocycles. The fraction of sp³-hybridized carbons (Fsp3) is 0.357. The van der Waals surface area contributed by atoms with E-state index in [1.54, 1.807) is 13.8 Å². The molecule has 3 rings (SSSR count). The zero-order valence-corrected chi connectivity index (χ0v) is 23.4. The summed E-state index contributed by atoms with van der Waals surface area (Å²) in [5.41, 5.74) is 0.758. The van der Waals surface area contributed by atoms with Crippen LogP contribution in [0.4, 0.5) is 17.6 Å². The molecular weight excluding hydrogens is 570 g/mol. The van der Waals surface area contributed by atoms with Gasteiger partial charge in [-0.05, 0) is 74.9 Å². The number of amides is 1. The second-order valence-electron chi connectivity index (χ2n) is 10.0. The van der Waals surface area contributed by atoms with Gasteiger partial charge in [-0.3, -0.25) is 4.79 Å². The summed E-state index contributed by atoms with van der Waals surface area (Å²) >= 11 is 5.87. The number of aliphatic hydroxyl groups excluding tert-OH is 1. The molecule has 0 aliphatic rings. The summed E-state index contributed by atoms with van der Waals surface area (Å²) in [6.07, 6.45) is -6.07. The topological polar surface area (TPSA) is 127 Å². The number of aliphatic hydroxyl groups is 2. The van der Waals surface area contributed by atoms with Crippen LogP contribution in [0.2, 0.25) is 5.02 Å². The number of aromatic nitrogens is 1. The quantitative estimate of drug-likeness (QED) is 0.249. The van der Waals surface area contributed by atoms with Crippen LogP contribution in [0, 0.1) is 5.82 Å². The van der Waals surface area contributed by atoms with Crippen molar-refractivity contribution in [1.29, 1.82) is 0 Å². The van der Waals surface area contributed by atoms with Crippen LogP contribution in [-0.2, 0) is 11.1 Å². The summed E-state index contributed by atoms with van der Waals surface area (Å²) in [6, 6.07) is 9.80. The summed E-state index contributed by atoms with van der Waals surface area (Å²) in [6.45, 7) is 3.24. The second kappa shape index (κ2) is 12.2. The van der Waals surface area contributed by atoms with Crippen molar-refractivity contribution < 1.29 is 42.0 Å². The predicted octanol–water partition coefficient (Wildman–Crippen LogP) is 4.68. The van der Waals surface area contributed by atoms with Gasteiger partial charge in [-0.15, -0.1) is 0 Å². The van der Waals surface area contributed by atoms with Gasteiger partial charge in [0.25, 0.3) is 5.91 Å². The number of alkyl halides is 3. The van der Waals surface area contributed by atoms with Crippen molar-refractivity contribution in [3.05, 3.63) is 76.2 Å². The monoisotopic (exact) mass is 599 g/mol. The first-order valence-electron chi connectivity index (χ1n) is 12.3. The van der Waals surface area contributed by atoms with E-state index in [0.717, 1.165) is 12.1 Å². The molecule has 0 spiro atoms. The molecule has 1 heterocycles. The van der Waals surface area contributed by atoms with Gasteiger partial charge in [0, 0.05) is 16.7 Å². The van der Waals surface area contributed by atoms with E-state index >= 15 is 0 Å². The Hall–Kier alpha value is -3.45. The van der Waals surface area contributed by atoms with Gasteiger partial charge >= 0.3 is 6.18 Å². The summed E-state index contributed by atoms with van der Waals surface area (Å²) in [4.78, 5) is 16.9. The molecule has 2 unspecified atom stereocenters. The lowest BCUT2D eigenvalue weighted by Gasteiger charge is -2.32. The van der Waals surface area contributed by atoms with Gasteiger partial charge in [-0.2, -0.15) is 13.2 Å². The van der Waals surface area contributed by atoms with Gasteiger partial charge in [-0.25, -0.2) is 9.37 Å². The highest BCUT2D eigenvalue weighted by Gasteiger charge is 2.56. The van der Waals surface area contributed by atoms with E-state index in [-0.39, 0.29) is 45.5 Å². The molecule has 0 bridgehead atoms. The zero-order valence-electron chi connectivity index (χ0n) is 22.6. The number of methoxy groups -OCH3 is 1. The van der Waals surface area contributed by atoms with Gasteiger partial charge in [0.1, 0.15) is 12.4 Å². The van der Waals surface area contributed by atoms with E-state index in [1.165, 1.54) is 50.4 Å². The number of halogens is 5. The SMILES string of the molecule is COc1cc(C(=O)NCC(O)(c2cc(C(C)(C)N)cc(-c3ccc(F)c(Cl)c3)n2)C(F)(F)F)ccc1OCC(C)O. The highest BCUT2D eigenvalue weighted by atomic mass is 35.5. The lowest BCUT2D eigenvalue weighted by Crippen LogP contribution is -2.51. The van der Waals surface area contributed by atoms with Crippen molar-refractivity contribution in [3.8, 4) is 22.8 Å². The average molecular weight is 600 g/mol. The molecule has 222 valence electrons. The van der Waals surface area contributed by atoms with Gasteiger partial charge in [0.15, 0.2) is 11.5 Å². The smallest absolute Gasteiger partial charge is 0.424 e. The lowest BCUT2D eigenvalue weighted by atomic mass is 9.89. The highest BCUT2D eigenvalue weighted by Crippen LogP contribution is 2.40. The van der Waals surface area contributed by atoms with Crippen LogP contribution >= 0.6 is 11.6 Å². The lowest BCUT2D eigenvalue weighted by molar-refractivity contribution is -0.265. The maximum Gasteiger partial charge on any atom is 0.424 e. The van der Waals surface area contributed by atoms with E-state index < -0.39 is 47.4 Å². The molecule has 0 radical (unpaired) electrons. The van der Waals surface area contributed by atoms with E-state index in [2.05, 4.69) is 10.3 Å². The van der Waals surface area contributed by atoms with Crippen molar-refractivity contribution in [2.45, 2.75) is 44.2 Å². The standard InChI is InChI=1S/C28H30ClF4N3O5/c1-15(37)13-41-22-8-6-17(10-23(22)40-4)25(38)35-14-27(39,28(31,32)33)24-12-18(26(2,3)34)11-21(36-24)16-5-7-20(30)19(29)9-16/h5-12,15,37,39H,13-14,34H2,1-4H3,(H,35,38). The molecule has 3 aromatic rings. The number of rotatable bonds is 10. The van der Waals surface area contributed by atoms with Gasteiger partial charge in [0.05, 0.1) is 36.2 Å². The van der Waals surface area contributed by atoms with Gasteiger partial charge < -0.3 is 30.7 Å². The fourth-order valence-corrected chi connectivity index (χ4v) is 3.88. The van der Waals surface area contributed by atoms with Crippen LogP contribution in [0.5, 0.6) is 11.5 Å². The maximum absolute atomic E-state index is 14.4. The Balaban J connectivity index is 2.00. The number of nitrogens with two attached hydrogens (primary N) is 1. The van der Waals surface area contributed by atoms with Crippen LogP contribution < -0.4 is 20.5 Å². The predicted molar refractivity (Wildman–Crippen MR) is 144 cm³/mol. The Bertz CT molecular complexity index is 1410. The Labute approximate surface area is 239 Å². The first-order chi connectivity index (χ1) is 19.0. The van der Waals surface area contributed by atoms with Crippen LogP contribution in [0.25, 0.3) is 11.3 Å². The van der Waals surface area contributed by atoms with E-state index in [4.69, 9.17) is 26.8 Å². The van der Waals surface area contributed by atoms with E-state index in [1.807, 2.05) is 0 Å². The number of nitrogens with one attached hydrogen (secondary N) is 1. The molecule has 8 nitrogen and oxygen atoms in total. The van der Waals surface area contributed by atoms with Crippen molar-refractivity contribution in [2.24, 2.45) is 5.73 Å². The zero-order chi connectivity index (χ0) is 30.8. The molecule has 13 heteroatoms. The fourth-order valence-electron chi connectivity index (χ4n) is 3.70. The minimum absolute atomic E-state index is 0.0514. The second-order valence-corrected chi connectivity index (χ2v) is 10.5. The number of ether oxygens (including phenoxy) is 2. The normalized spacial score (nSPS) is 14.2. The summed E-state index contributed by atoms with van der Waals surface area (Å²) in [7, 11) is 1.30. The molecule has 0 fully saturated rings. The summed E-state index contributed by atoms with van der Waals surface area (Å²) in [5, 5.41) is 22.3. The molecule has 2 atom stereocenters. The Morgan fingerprint density at radius 2 is 1.80 bits per heavy atom. The van der Waals surface area contributed by atoms with Crippen LogP contribution in [0.1, 0.15) is 42.4 Å². The largest absolute Gasteiger partial charge is 0.493 e. The molecule has 0 aliphatic carbocycles. The van der Waals surface area contributed by atoms with E-state index in [0.29, 0.717) is 0 Å². The van der Waals surface area contributed by atoms with Crippen LogP contribution in [0.3, 0.4) is 0 Å². The number of nitrogens with zero attached hydrogens (tertiary/aromatic N) is 1. The number of carbonyl (C=O) groups excluding carboxylic acids is 1. The first kappa shape index (κ1) is 32.1. The Morgan fingerprint density at radius 3 is 2.37 bits per heavy atom. The molecule has 1 amide bonds. The third-order valence-electron chi connectivity index (χ3n) is 6.09. The first-order valence-corrected chi connectivity index (χ1v) is 12.7. The molecule has 5 N–H and O–H groups in total. The van der Waals surface area contributed by atoms with Crippen molar-refractivity contribution in [2.75, 3.05) is 20.3 Å². The van der Waals surface area contributed by atoms with Crippen molar-refractivity contribution in [3.63, 3.8) is 0 Å².